The Morgan fingerprint density at radius 3 is 2.38 bits per heavy atom. The second-order valence-electron chi connectivity index (χ2n) is 12.1. The lowest BCUT2D eigenvalue weighted by Gasteiger charge is -2.53. The lowest BCUT2D eigenvalue weighted by molar-refractivity contribution is -0.169. The molecule has 3 aliphatic rings. The average molecular weight is 632 g/mol. The van der Waals surface area contributed by atoms with E-state index in [4.69, 9.17) is 10.7 Å². The molecule has 1 amide bonds. The SMILES string of the molecule is Cc1sc(Cc2ccc3c(c2O)C(O)=C2C(=O)C4(O)C(O)=C(C(N)=O)C(=O)C(N(C)C)C4C(O)C2C3C)nc1-c1ccccc1. The van der Waals surface area contributed by atoms with Gasteiger partial charge < -0.3 is 31.3 Å². The quantitative estimate of drug-likeness (QED) is 0.228. The zero-order valence-electron chi connectivity index (χ0n) is 25.0. The van der Waals surface area contributed by atoms with E-state index >= 15 is 0 Å². The number of Topliss-reactive ketones (excluding diaryl/α,β-unsaturated/α-hetero) is 2. The summed E-state index contributed by atoms with van der Waals surface area (Å²) in [4.78, 5) is 46.8. The predicted octanol–water partition coefficient (Wildman–Crippen LogP) is 2.52. The van der Waals surface area contributed by atoms with Crippen molar-refractivity contribution in [3.8, 4) is 17.0 Å². The number of aliphatic hydroxyl groups is 4. The monoisotopic (exact) mass is 631 g/mol. The van der Waals surface area contributed by atoms with Crippen LogP contribution in [0.25, 0.3) is 17.0 Å². The predicted molar refractivity (Wildman–Crippen MR) is 165 cm³/mol. The number of carbonyl (C=O) groups is 3. The van der Waals surface area contributed by atoms with Gasteiger partial charge in [-0.2, -0.15) is 0 Å². The summed E-state index contributed by atoms with van der Waals surface area (Å²) in [6, 6.07) is 11.7. The van der Waals surface area contributed by atoms with Crippen LogP contribution in [0.15, 0.2) is 59.4 Å². The van der Waals surface area contributed by atoms with Crippen LogP contribution in [-0.2, 0) is 20.8 Å². The van der Waals surface area contributed by atoms with E-state index in [2.05, 4.69) is 0 Å². The van der Waals surface area contributed by atoms with Crippen molar-refractivity contribution in [3.05, 3.63) is 85.9 Å². The maximum Gasteiger partial charge on any atom is 0.255 e. The van der Waals surface area contributed by atoms with E-state index in [0.717, 1.165) is 16.1 Å². The Balaban J connectivity index is 1.48. The Bertz CT molecular complexity index is 1850. The van der Waals surface area contributed by atoms with Crippen LogP contribution in [0.4, 0.5) is 0 Å². The summed E-state index contributed by atoms with van der Waals surface area (Å²) < 4.78 is 0. The van der Waals surface area contributed by atoms with Gasteiger partial charge in [0.2, 0.25) is 5.78 Å². The molecule has 1 saturated carbocycles. The molecule has 7 N–H and O–H groups in total. The maximum absolute atomic E-state index is 14.2. The van der Waals surface area contributed by atoms with Crippen LogP contribution >= 0.6 is 11.3 Å². The number of phenols is 1. The van der Waals surface area contributed by atoms with Crippen LogP contribution < -0.4 is 5.73 Å². The minimum absolute atomic E-state index is 0.0416. The fraction of sp³-hybridized carbons (Fsp3) is 0.333. The Kier molecular flexibility index (Phi) is 7.24. The largest absolute Gasteiger partial charge is 0.508 e. The Hall–Kier alpha value is -4.36. The number of fused-ring (bicyclic) bond motifs is 3. The Morgan fingerprint density at radius 1 is 1.09 bits per heavy atom. The maximum atomic E-state index is 14.2. The number of benzene rings is 2. The van der Waals surface area contributed by atoms with Crippen LogP contribution in [-0.4, -0.2) is 84.7 Å². The molecular weight excluding hydrogens is 598 g/mol. The number of phenolic OH excluding ortho intramolecular Hbond substituents is 1. The van der Waals surface area contributed by atoms with Crippen molar-refractivity contribution in [2.75, 3.05) is 14.1 Å². The highest BCUT2D eigenvalue weighted by Crippen LogP contribution is 2.56. The lowest BCUT2D eigenvalue weighted by Crippen LogP contribution is -2.70. The highest BCUT2D eigenvalue weighted by atomic mass is 32.1. The number of aryl methyl sites for hydroxylation is 1. The second-order valence-corrected chi connectivity index (χ2v) is 13.4. The van der Waals surface area contributed by atoms with Gasteiger partial charge in [-0.25, -0.2) is 4.98 Å². The van der Waals surface area contributed by atoms with Crippen molar-refractivity contribution in [3.63, 3.8) is 0 Å². The van der Waals surface area contributed by atoms with Gasteiger partial charge >= 0.3 is 0 Å². The van der Waals surface area contributed by atoms with Gasteiger partial charge in [0.15, 0.2) is 11.4 Å². The fourth-order valence-corrected chi connectivity index (χ4v) is 8.33. The van der Waals surface area contributed by atoms with Crippen molar-refractivity contribution >= 4 is 34.6 Å². The van der Waals surface area contributed by atoms with Gasteiger partial charge in [-0.1, -0.05) is 49.4 Å². The van der Waals surface area contributed by atoms with Crippen molar-refractivity contribution in [2.24, 2.45) is 17.6 Å². The van der Waals surface area contributed by atoms with E-state index in [-0.39, 0.29) is 17.7 Å². The van der Waals surface area contributed by atoms with Crippen molar-refractivity contribution < 1.29 is 39.9 Å². The first kappa shape index (κ1) is 30.7. The summed E-state index contributed by atoms with van der Waals surface area (Å²) in [5, 5.41) is 58.5. The first-order valence-corrected chi connectivity index (χ1v) is 15.2. The first-order valence-electron chi connectivity index (χ1n) is 14.4. The third-order valence-electron chi connectivity index (χ3n) is 9.44. The van der Waals surface area contributed by atoms with E-state index in [9.17, 15) is 39.9 Å². The Labute approximate surface area is 262 Å². The first-order chi connectivity index (χ1) is 21.2. The fourth-order valence-electron chi connectivity index (χ4n) is 7.36. The smallest absolute Gasteiger partial charge is 0.255 e. The van der Waals surface area contributed by atoms with E-state index in [0.29, 0.717) is 16.1 Å². The van der Waals surface area contributed by atoms with Gasteiger partial charge in [-0.05, 0) is 32.5 Å². The molecular formula is C33H33N3O8S. The van der Waals surface area contributed by atoms with Gasteiger partial charge in [0.05, 0.1) is 34.3 Å². The topological polar surface area (TPSA) is 195 Å². The standard InChI is InChI=1S/C33H33N3O8S/c1-13-17-11-10-16(12-18-35-24(14(2)45-18)15-8-6-5-7-9-15)26(37)20(17)27(38)21-19(13)28(39)23-25(36(3)4)29(40)22(32(34)43)31(42)33(23,44)30(21)41/h5-11,13,19,23,25,28,37-39,42,44H,12H2,1-4H3,(H2,34,43). The van der Waals surface area contributed by atoms with E-state index < -0.39 is 75.6 Å². The van der Waals surface area contributed by atoms with E-state index in [1.54, 1.807) is 19.1 Å². The molecule has 6 unspecified atom stereocenters. The van der Waals surface area contributed by atoms with Gasteiger partial charge in [-0.3, -0.25) is 19.3 Å². The van der Waals surface area contributed by atoms with Crippen molar-refractivity contribution in [1.29, 1.82) is 0 Å². The summed E-state index contributed by atoms with van der Waals surface area (Å²) in [6.45, 7) is 3.66. The number of ketones is 2. The van der Waals surface area contributed by atoms with E-state index in [1.807, 2.05) is 37.3 Å². The van der Waals surface area contributed by atoms with Crippen LogP contribution in [0.2, 0.25) is 0 Å². The molecule has 1 fully saturated rings. The molecule has 45 heavy (non-hydrogen) atoms. The normalized spacial score (nSPS) is 27.8. The molecule has 0 radical (unpaired) electrons. The number of likely N-dealkylation sites (N-methyl/N-ethyl adjacent to an activating group) is 1. The molecule has 0 saturated heterocycles. The number of aromatic nitrogens is 1. The van der Waals surface area contributed by atoms with Gasteiger partial charge in [0.1, 0.15) is 22.8 Å². The molecule has 6 atom stereocenters. The van der Waals surface area contributed by atoms with Crippen LogP contribution in [0, 0.1) is 18.8 Å². The molecule has 0 aliphatic heterocycles. The molecule has 3 aromatic rings. The molecule has 234 valence electrons. The summed E-state index contributed by atoms with van der Waals surface area (Å²) in [5.41, 5.74) is 3.66. The van der Waals surface area contributed by atoms with Gasteiger partial charge in [0.25, 0.3) is 5.91 Å². The van der Waals surface area contributed by atoms with Crippen molar-refractivity contribution in [2.45, 2.75) is 43.9 Å². The molecule has 3 aliphatic carbocycles. The third-order valence-corrected chi connectivity index (χ3v) is 10.4. The van der Waals surface area contributed by atoms with Gasteiger partial charge in [0, 0.05) is 33.9 Å². The number of thiazole rings is 1. The third kappa shape index (κ3) is 4.27. The number of amides is 1. The summed E-state index contributed by atoms with van der Waals surface area (Å²) >= 11 is 1.47. The molecule has 12 heteroatoms. The Morgan fingerprint density at radius 2 is 1.76 bits per heavy atom. The number of aromatic hydroxyl groups is 1. The number of nitrogens with two attached hydrogens (primary N) is 1. The number of carbonyl (C=O) groups excluding carboxylic acids is 3. The zero-order chi connectivity index (χ0) is 32.7. The second kappa shape index (κ2) is 10.6. The molecule has 1 aromatic heterocycles. The molecule has 11 nitrogen and oxygen atoms in total. The number of rotatable bonds is 5. The minimum atomic E-state index is -2.96. The lowest BCUT2D eigenvalue weighted by atomic mass is 9.54. The number of aliphatic hydroxyl groups excluding tert-OH is 3. The van der Waals surface area contributed by atoms with Crippen molar-refractivity contribution in [1.82, 2.24) is 9.88 Å². The summed E-state index contributed by atoms with van der Waals surface area (Å²) in [5.74, 6) is -9.11. The number of nitrogens with zero attached hydrogens (tertiary/aromatic N) is 2. The number of hydrogen-bond donors (Lipinski definition) is 6. The van der Waals surface area contributed by atoms with Gasteiger partial charge in [-0.15, -0.1) is 11.3 Å². The number of hydrogen-bond acceptors (Lipinski definition) is 11. The summed E-state index contributed by atoms with van der Waals surface area (Å²) in [7, 11) is 2.94. The molecule has 2 aromatic carbocycles. The average Bonchev–Trinajstić information content (AvgIpc) is 3.35. The van der Waals surface area contributed by atoms with Crippen LogP contribution in [0.1, 0.15) is 39.4 Å². The molecule has 0 spiro atoms. The zero-order valence-corrected chi connectivity index (χ0v) is 25.8. The molecule has 0 bridgehead atoms. The number of primary amides is 1. The summed E-state index contributed by atoms with van der Waals surface area (Å²) in [6.07, 6.45) is -1.42. The highest BCUT2D eigenvalue weighted by Gasteiger charge is 2.68. The minimum Gasteiger partial charge on any atom is -0.508 e. The molecule has 1 heterocycles. The highest BCUT2D eigenvalue weighted by molar-refractivity contribution is 7.12. The van der Waals surface area contributed by atoms with Crippen LogP contribution in [0.3, 0.4) is 0 Å². The van der Waals surface area contributed by atoms with Crippen LogP contribution in [0.5, 0.6) is 5.75 Å². The van der Waals surface area contributed by atoms with E-state index in [1.165, 1.54) is 30.3 Å². The molecule has 6 rings (SSSR count).